The van der Waals surface area contributed by atoms with Crippen LogP contribution in [0.25, 0.3) is 0 Å². The first-order valence-corrected chi connectivity index (χ1v) is 3.43. The van der Waals surface area contributed by atoms with Crippen molar-refractivity contribution in [1.82, 2.24) is 4.98 Å². The third-order valence-electron chi connectivity index (χ3n) is 1.46. The number of carbonyl (C=O) groups is 1. The number of hydrogen-bond donors (Lipinski definition) is 2. The van der Waals surface area contributed by atoms with Gasteiger partial charge in [-0.3, -0.25) is 9.78 Å². The van der Waals surface area contributed by atoms with Crippen molar-refractivity contribution >= 4 is 5.78 Å². The van der Waals surface area contributed by atoms with Gasteiger partial charge in [0.25, 0.3) is 0 Å². The Bertz CT molecular complexity index is 296. The number of aliphatic hydroxyl groups excluding tert-OH is 1. The zero-order valence-electron chi connectivity index (χ0n) is 6.56. The topological polar surface area (TPSA) is 70.4 Å². The average molecular weight is 167 g/mol. The van der Waals surface area contributed by atoms with Crippen LogP contribution in [0.5, 0.6) is 0 Å². The van der Waals surface area contributed by atoms with Crippen LogP contribution in [-0.4, -0.2) is 21.0 Å². The molecule has 0 fully saturated rings. The Kier molecular flexibility index (Phi) is 2.52. The number of carbonyl (C=O) groups excluding carboxylic acids is 1. The maximum Gasteiger partial charge on any atom is 0.179 e. The maximum absolute atomic E-state index is 10.8. The van der Waals surface area contributed by atoms with Crippen LogP contribution in [0.2, 0.25) is 0 Å². The summed E-state index contributed by atoms with van der Waals surface area (Å²) in [7, 11) is 0. The van der Waals surface area contributed by atoms with E-state index < -0.39 is 6.29 Å². The molecular formula is C8H9NO3. The SMILES string of the molecule is CC(=O)c1cncc(C(O)O)c1. The van der Waals surface area contributed by atoms with E-state index in [4.69, 9.17) is 10.2 Å². The van der Waals surface area contributed by atoms with E-state index in [0.29, 0.717) is 5.56 Å². The van der Waals surface area contributed by atoms with E-state index in [1.165, 1.54) is 25.4 Å². The molecule has 0 radical (unpaired) electrons. The van der Waals surface area contributed by atoms with Gasteiger partial charge in [0.2, 0.25) is 0 Å². The van der Waals surface area contributed by atoms with E-state index in [1.54, 1.807) is 0 Å². The highest BCUT2D eigenvalue weighted by Crippen LogP contribution is 2.09. The van der Waals surface area contributed by atoms with Crippen LogP contribution in [0.15, 0.2) is 18.5 Å². The molecule has 1 heterocycles. The number of ketones is 1. The predicted molar refractivity (Wildman–Crippen MR) is 41.4 cm³/mol. The molecule has 0 saturated carbocycles. The molecule has 1 aromatic heterocycles. The van der Waals surface area contributed by atoms with Gasteiger partial charge in [0.15, 0.2) is 12.1 Å². The van der Waals surface area contributed by atoms with Crippen molar-refractivity contribution in [3.05, 3.63) is 29.6 Å². The Morgan fingerprint density at radius 3 is 2.67 bits per heavy atom. The molecule has 4 nitrogen and oxygen atoms in total. The average Bonchev–Trinajstić information content (AvgIpc) is 2.04. The maximum atomic E-state index is 10.8. The first kappa shape index (κ1) is 8.83. The summed E-state index contributed by atoms with van der Waals surface area (Å²) in [6, 6.07) is 1.40. The van der Waals surface area contributed by atoms with E-state index in [1.807, 2.05) is 0 Å². The summed E-state index contributed by atoms with van der Waals surface area (Å²) >= 11 is 0. The quantitative estimate of drug-likeness (QED) is 0.490. The van der Waals surface area contributed by atoms with E-state index in [-0.39, 0.29) is 11.3 Å². The molecule has 0 spiro atoms. The molecule has 0 saturated heterocycles. The molecule has 12 heavy (non-hydrogen) atoms. The van der Waals surface area contributed by atoms with Crippen molar-refractivity contribution in [1.29, 1.82) is 0 Å². The highest BCUT2D eigenvalue weighted by molar-refractivity contribution is 5.93. The Labute approximate surface area is 69.5 Å². The van der Waals surface area contributed by atoms with E-state index in [2.05, 4.69) is 4.98 Å². The molecule has 64 valence electrons. The standard InChI is InChI=1S/C8H9NO3/c1-5(10)6-2-7(8(11)12)4-9-3-6/h2-4,8,11-12H,1H3. The van der Waals surface area contributed by atoms with Gasteiger partial charge in [0, 0.05) is 23.5 Å². The number of aromatic nitrogens is 1. The molecule has 4 heteroatoms. The van der Waals surface area contributed by atoms with Crippen LogP contribution in [-0.2, 0) is 0 Å². The molecule has 0 atom stereocenters. The van der Waals surface area contributed by atoms with Crippen molar-refractivity contribution in [3.63, 3.8) is 0 Å². The smallest absolute Gasteiger partial charge is 0.179 e. The molecule has 0 aliphatic rings. The second kappa shape index (κ2) is 3.42. The van der Waals surface area contributed by atoms with Crippen molar-refractivity contribution < 1.29 is 15.0 Å². The molecule has 0 aliphatic heterocycles. The number of nitrogens with zero attached hydrogens (tertiary/aromatic N) is 1. The monoisotopic (exact) mass is 167 g/mol. The number of rotatable bonds is 2. The molecule has 0 aliphatic carbocycles. The highest BCUT2D eigenvalue weighted by atomic mass is 16.5. The fourth-order valence-corrected chi connectivity index (χ4v) is 0.791. The second-order valence-electron chi connectivity index (χ2n) is 2.44. The Hall–Kier alpha value is -1.26. The molecule has 1 aromatic rings. The summed E-state index contributed by atoms with van der Waals surface area (Å²) in [6.07, 6.45) is 1.11. The Balaban J connectivity index is 3.04. The van der Waals surface area contributed by atoms with Crippen molar-refractivity contribution in [2.75, 3.05) is 0 Å². The minimum Gasteiger partial charge on any atom is -0.364 e. The fourth-order valence-electron chi connectivity index (χ4n) is 0.791. The Morgan fingerprint density at radius 1 is 1.50 bits per heavy atom. The van der Waals surface area contributed by atoms with Crippen LogP contribution in [0.3, 0.4) is 0 Å². The van der Waals surface area contributed by atoms with Gasteiger partial charge in [-0.15, -0.1) is 0 Å². The lowest BCUT2D eigenvalue weighted by Crippen LogP contribution is -2.00. The van der Waals surface area contributed by atoms with Crippen LogP contribution >= 0.6 is 0 Å². The minimum atomic E-state index is -1.57. The van der Waals surface area contributed by atoms with Crippen molar-refractivity contribution in [2.45, 2.75) is 13.2 Å². The summed E-state index contributed by atoms with van der Waals surface area (Å²) < 4.78 is 0. The van der Waals surface area contributed by atoms with Gasteiger partial charge < -0.3 is 10.2 Å². The first-order valence-electron chi connectivity index (χ1n) is 3.43. The molecular weight excluding hydrogens is 158 g/mol. The number of hydrogen-bond acceptors (Lipinski definition) is 4. The molecule has 0 aromatic carbocycles. The summed E-state index contributed by atoms with van der Waals surface area (Å²) in [5, 5.41) is 17.5. The third-order valence-corrected chi connectivity index (χ3v) is 1.46. The van der Waals surface area contributed by atoms with Gasteiger partial charge in [0.1, 0.15) is 0 Å². The molecule has 1 rings (SSSR count). The van der Waals surface area contributed by atoms with Crippen molar-refractivity contribution in [3.8, 4) is 0 Å². The Morgan fingerprint density at radius 2 is 2.17 bits per heavy atom. The van der Waals surface area contributed by atoms with Gasteiger partial charge in [-0.1, -0.05) is 0 Å². The summed E-state index contributed by atoms with van der Waals surface area (Å²) in [5.74, 6) is -0.148. The molecule has 0 bridgehead atoms. The first-order chi connectivity index (χ1) is 5.61. The lowest BCUT2D eigenvalue weighted by molar-refractivity contribution is -0.0427. The number of Topliss-reactive ketones (excluding diaryl/α,β-unsaturated/α-hetero) is 1. The predicted octanol–water partition coefficient (Wildman–Crippen LogP) is 0.267. The van der Waals surface area contributed by atoms with Crippen LogP contribution in [0, 0.1) is 0 Å². The molecule has 2 N–H and O–H groups in total. The van der Waals surface area contributed by atoms with Crippen LogP contribution in [0.4, 0.5) is 0 Å². The van der Waals surface area contributed by atoms with Gasteiger partial charge in [-0.25, -0.2) is 0 Å². The van der Waals surface area contributed by atoms with Crippen molar-refractivity contribution in [2.24, 2.45) is 0 Å². The highest BCUT2D eigenvalue weighted by Gasteiger charge is 2.05. The summed E-state index contributed by atoms with van der Waals surface area (Å²) in [5.41, 5.74) is 0.600. The molecule has 0 unspecified atom stereocenters. The summed E-state index contributed by atoms with van der Waals surface area (Å²) in [6.45, 7) is 1.39. The van der Waals surface area contributed by atoms with E-state index >= 15 is 0 Å². The second-order valence-corrected chi connectivity index (χ2v) is 2.44. The van der Waals surface area contributed by atoms with Gasteiger partial charge in [-0.2, -0.15) is 0 Å². The van der Waals surface area contributed by atoms with Crippen LogP contribution in [0.1, 0.15) is 29.1 Å². The zero-order chi connectivity index (χ0) is 9.14. The zero-order valence-corrected chi connectivity index (χ0v) is 6.56. The van der Waals surface area contributed by atoms with Crippen LogP contribution < -0.4 is 0 Å². The van der Waals surface area contributed by atoms with Gasteiger partial charge in [0.05, 0.1) is 0 Å². The third kappa shape index (κ3) is 1.87. The normalized spacial score (nSPS) is 10.3. The lowest BCUT2D eigenvalue weighted by Gasteiger charge is -2.03. The molecule has 0 amide bonds. The van der Waals surface area contributed by atoms with Gasteiger partial charge in [-0.05, 0) is 13.0 Å². The van der Waals surface area contributed by atoms with Gasteiger partial charge >= 0.3 is 0 Å². The number of aliphatic hydroxyl groups is 2. The lowest BCUT2D eigenvalue weighted by atomic mass is 10.1. The van der Waals surface area contributed by atoms with E-state index in [0.717, 1.165) is 0 Å². The minimum absolute atomic E-state index is 0.148. The number of pyridine rings is 1. The fraction of sp³-hybridized carbons (Fsp3) is 0.250. The van der Waals surface area contributed by atoms with E-state index in [9.17, 15) is 4.79 Å². The summed E-state index contributed by atoms with van der Waals surface area (Å²) in [4.78, 5) is 14.5. The largest absolute Gasteiger partial charge is 0.364 e.